The van der Waals surface area contributed by atoms with Gasteiger partial charge in [-0.2, -0.15) is 5.06 Å². The van der Waals surface area contributed by atoms with Crippen molar-refractivity contribution >= 4 is 5.71 Å². The van der Waals surface area contributed by atoms with Crippen molar-refractivity contribution in [3.05, 3.63) is 66.0 Å². The van der Waals surface area contributed by atoms with Crippen molar-refractivity contribution in [3.63, 3.8) is 0 Å². The molecule has 0 spiro atoms. The van der Waals surface area contributed by atoms with E-state index in [0.29, 0.717) is 0 Å². The normalized spacial score (nSPS) is 21.8. The number of hydrogen-bond donors (Lipinski definition) is 1. The lowest BCUT2D eigenvalue weighted by molar-refractivity contribution is -0.159. The number of nitrogens with zero attached hydrogens (tertiary/aromatic N) is 3. The van der Waals surface area contributed by atoms with Crippen LogP contribution in [0.5, 0.6) is 0 Å². The lowest BCUT2D eigenvalue weighted by Crippen LogP contribution is -2.44. The van der Waals surface area contributed by atoms with E-state index >= 15 is 0 Å². The Labute approximate surface area is 118 Å². The van der Waals surface area contributed by atoms with Gasteiger partial charge in [0.25, 0.3) is 0 Å². The minimum absolute atomic E-state index is 0.386. The van der Waals surface area contributed by atoms with Crippen LogP contribution < -0.4 is 0 Å². The molecule has 4 nitrogen and oxygen atoms in total. The van der Waals surface area contributed by atoms with Crippen molar-refractivity contribution in [1.29, 1.82) is 0 Å². The monoisotopic (exact) mass is 267 g/mol. The van der Waals surface area contributed by atoms with Gasteiger partial charge in [-0.3, -0.25) is 9.98 Å². The molecule has 0 bridgehead atoms. The average molecular weight is 267 g/mol. The first-order chi connectivity index (χ1) is 9.60. The molecule has 4 heteroatoms. The molecular weight excluding hydrogens is 250 g/mol. The fourth-order valence-corrected chi connectivity index (χ4v) is 2.47. The molecule has 0 saturated heterocycles. The number of hydrogen-bond acceptors (Lipinski definition) is 4. The molecule has 1 aliphatic heterocycles. The minimum Gasteiger partial charge on any atom is -0.311 e. The van der Waals surface area contributed by atoms with Gasteiger partial charge in [0.05, 0.1) is 16.9 Å². The molecule has 20 heavy (non-hydrogen) atoms. The second-order valence-electron chi connectivity index (χ2n) is 5.38. The van der Waals surface area contributed by atoms with Crippen LogP contribution in [-0.2, 0) is 0 Å². The Kier molecular flexibility index (Phi) is 3.12. The van der Waals surface area contributed by atoms with Crippen molar-refractivity contribution in [1.82, 2.24) is 10.0 Å². The summed E-state index contributed by atoms with van der Waals surface area (Å²) in [6.45, 7) is 3.90. The van der Waals surface area contributed by atoms with Crippen LogP contribution in [0.25, 0.3) is 0 Å². The molecule has 0 radical (unpaired) electrons. The van der Waals surface area contributed by atoms with E-state index in [2.05, 4.69) is 4.98 Å². The topological polar surface area (TPSA) is 48.7 Å². The summed E-state index contributed by atoms with van der Waals surface area (Å²) in [4.78, 5) is 9.04. The zero-order chi connectivity index (χ0) is 14.2. The van der Waals surface area contributed by atoms with E-state index in [1.807, 2.05) is 62.4 Å². The van der Waals surface area contributed by atoms with Crippen molar-refractivity contribution in [2.45, 2.75) is 25.6 Å². The van der Waals surface area contributed by atoms with Crippen LogP contribution in [-0.4, -0.2) is 26.5 Å². The van der Waals surface area contributed by atoms with Gasteiger partial charge in [-0.25, -0.2) is 0 Å². The molecule has 2 heterocycles. The van der Waals surface area contributed by atoms with E-state index in [0.717, 1.165) is 17.0 Å². The average Bonchev–Trinajstić information content (AvgIpc) is 2.72. The lowest BCUT2D eigenvalue weighted by Gasteiger charge is -2.30. The molecule has 1 aromatic carbocycles. The van der Waals surface area contributed by atoms with E-state index in [1.165, 1.54) is 5.06 Å². The van der Waals surface area contributed by atoms with Crippen molar-refractivity contribution < 1.29 is 5.21 Å². The van der Waals surface area contributed by atoms with Gasteiger partial charge in [-0.15, -0.1) is 0 Å². The van der Waals surface area contributed by atoms with Gasteiger partial charge < -0.3 is 5.21 Å². The summed E-state index contributed by atoms with van der Waals surface area (Å²) in [6, 6.07) is 15.5. The number of benzene rings is 1. The Morgan fingerprint density at radius 1 is 1.05 bits per heavy atom. The predicted molar refractivity (Wildman–Crippen MR) is 77.7 cm³/mol. The zero-order valence-corrected chi connectivity index (χ0v) is 11.6. The molecule has 0 amide bonds. The Morgan fingerprint density at radius 2 is 1.75 bits per heavy atom. The maximum absolute atomic E-state index is 10.5. The van der Waals surface area contributed by atoms with Crippen LogP contribution >= 0.6 is 0 Å². The van der Waals surface area contributed by atoms with Crippen LogP contribution in [0.15, 0.2) is 59.7 Å². The van der Waals surface area contributed by atoms with E-state index in [9.17, 15) is 5.21 Å². The van der Waals surface area contributed by atoms with Gasteiger partial charge >= 0.3 is 0 Å². The van der Waals surface area contributed by atoms with Gasteiger partial charge in [-0.05, 0) is 31.5 Å². The van der Waals surface area contributed by atoms with Crippen LogP contribution in [0.1, 0.15) is 31.3 Å². The highest BCUT2D eigenvalue weighted by Gasteiger charge is 2.44. The smallest absolute Gasteiger partial charge is 0.151 e. The summed E-state index contributed by atoms with van der Waals surface area (Å²) in [5.41, 5.74) is 1.99. The first kappa shape index (κ1) is 13.0. The van der Waals surface area contributed by atoms with E-state index in [-0.39, 0.29) is 6.17 Å². The summed E-state index contributed by atoms with van der Waals surface area (Å²) in [6.07, 6.45) is 1.36. The first-order valence-electron chi connectivity index (χ1n) is 6.63. The molecule has 3 rings (SSSR count). The third kappa shape index (κ3) is 2.03. The highest BCUT2D eigenvalue weighted by molar-refractivity contribution is 6.06. The Balaban J connectivity index is 2.05. The molecule has 1 atom stereocenters. The zero-order valence-electron chi connectivity index (χ0n) is 11.6. The van der Waals surface area contributed by atoms with Gasteiger partial charge in [0.2, 0.25) is 0 Å². The second-order valence-corrected chi connectivity index (χ2v) is 5.38. The fourth-order valence-electron chi connectivity index (χ4n) is 2.47. The lowest BCUT2D eigenvalue weighted by atomic mass is 9.96. The largest absolute Gasteiger partial charge is 0.311 e. The Bertz CT molecular complexity index is 623. The number of pyridine rings is 1. The molecule has 0 aliphatic carbocycles. The molecule has 0 saturated carbocycles. The summed E-state index contributed by atoms with van der Waals surface area (Å²) in [5, 5.41) is 11.8. The predicted octanol–water partition coefficient (Wildman–Crippen LogP) is 3.05. The highest BCUT2D eigenvalue weighted by Crippen LogP contribution is 2.36. The minimum atomic E-state index is -0.575. The van der Waals surface area contributed by atoms with E-state index in [4.69, 9.17) is 4.99 Å². The second kappa shape index (κ2) is 4.81. The van der Waals surface area contributed by atoms with Gasteiger partial charge in [0.1, 0.15) is 0 Å². The fraction of sp³-hybridized carbons (Fsp3) is 0.250. The third-order valence-corrected chi connectivity index (χ3v) is 3.64. The molecule has 1 aliphatic rings. The number of rotatable bonds is 2. The van der Waals surface area contributed by atoms with Crippen molar-refractivity contribution in [2.75, 3.05) is 0 Å². The van der Waals surface area contributed by atoms with Crippen molar-refractivity contribution in [3.8, 4) is 0 Å². The maximum Gasteiger partial charge on any atom is 0.151 e. The molecule has 1 N–H and O–H groups in total. The highest BCUT2D eigenvalue weighted by atomic mass is 16.5. The van der Waals surface area contributed by atoms with Crippen LogP contribution in [0.3, 0.4) is 0 Å². The molecular formula is C16H17N3O. The molecule has 102 valence electrons. The summed E-state index contributed by atoms with van der Waals surface area (Å²) >= 11 is 0. The van der Waals surface area contributed by atoms with Crippen molar-refractivity contribution in [2.24, 2.45) is 4.99 Å². The third-order valence-electron chi connectivity index (χ3n) is 3.64. The van der Waals surface area contributed by atoms with Gasteiger partial charge in [-0.1, -0.05) is 36.4 Å². The summed E-state index contributed by atoms with van der Waals surface area (Å²) < 4.78 is 0. The van der Waals surface area contributed by atoms with Crippen LogP contribution in [0, 0.1) is 0 Å². The van der Waals surface area contributed by atoms with E-state index in [1.54, 1.807) is 6.20 Å². The van der Waals surface area contributed by atoms with E-state index < -0.39 is 5.54 Å². The summed E-state index contributed by atoms with van der Waals surface area (Å²) in [5.74, 6) is 0. The molecule has 2 aromatic rings. The number of aromatic nitrogens is 1. The number of hydroxylamine groups is 2. The molecule has 0 unspecified atom stereocenters. The molecule has 1 aromatic heterocycles. The number of aliphatic imine (C=N–C) groups is 1. The molecule has 0 fully saturated rings. The Hall–Kier alpha value is -2.04. The van der Waals surface area contributed by atoms with Gasteiger partial charge in [0, 0.05) is 6.20 Å². The summed E-state index contributed by atoms with van der Waals surface area (Å²) in [7, 11) is 0. The van der Waals surface area contributed by atoms with Gasteiger partial charge in [0.15, 0.2) is 6.17 Å². The SMILES string of the molecule is CC1(C)C(c2ccccn2)=N[C@H](c2ccccc2)N1O. The van der Waals surface area contributed by atoms with Crippen LogP contribution in [0.2, 0.25) is 0 Å². The Morgan fingerprint density at radius 3 is 2.40 bits per heavy atom. The standard InChI is InChI=1S/C16H17N3O/c1-16(2)14(13-10-6-7-11-17-13)18-15(19(16)20)12-8-4-3-5-9-12/h3-11,15,20H,1-2H3/t15-/m0/s1. The quantitative estimate of drug-likeness (QED) is 0.909. The van der Waals surface area contributed by atoms with Crippen LogP contribution in [0.4, 0.5) is 0 Å². The maximum atomic E-state index is 10.5. The first-order valence-corrected chi connectivity index (χ1v) is 6.63.